The molecule has 0 saturated carbocycles. The molecule has 1 rings (SSSR count). The summed E-state index contributed by atoms with van der Waals surface area (Å²) < 4.78 is 6.81. The third-order valence-electron chi connectivity index (χ3n) is 2.41. The number of carbonyl (C=O) groups excluding carboxylic acids is 1. The van der Waals surface area contributed by atoms with Crippen molar-refractivity contribution >= 4 is 5.97 Å². The van der Waals surface area contributed by atoms with Gasteiger partial charge in [0.1, 0.15) is 18.1 Å². The second kappa shape index (κ2) is 6.25. The Bertz CT molecular complexity index is 336. The third kappa shape index (κ3) is 2.81. The van der Waals surface area contributed by atoms with E-state index in [2.05, 4.69) is 10.1 Å². The van der Waals surface area contributed by atoms with E-state index < -0.39 is 0 Å². The van der Waals surface area contributed by atoms with Gasteiger partial charge in [-0.05, 0) is 20.3 Å². The molecule has 0 spiro atoms. The summed E-state index contributed by atoms with van der Waals surface area (Å²) in [5.74, 6) is 0.224. The first kappa shape index (κ1) is 12.7. The van der Waals surface area contributed by atoms with Crippen LogP contribution in [0.5, 0.6) is 0 Å². The minimum atomic E-state index is -0.285. The maximum Gasteiger partial charge on any atom is 0.316 e. The molecule has 90 valence electrons. The molecule has 0 bridgehead atoms. The highest BCUT2D eigenvalue weighted by Crippen LogP contribution is 2.20. The van der Waals surface area contributed by atoms with Crippen molar-refractivity contribution in [2.75, 3.05) is 6.61 Å². The van der Waals surface area contributed by atoms with Gasteiger partial charge in [0, 0.05) is 6.54 Å². The van der Waals surface area contributed by atoms with Crippen LogP contribution in [0.15, 0.2) is 6.33 Å². The quantitative estimate of drug-likeness (QED) is 0.692. The lowest BCUT2D eigenvalue weighted by Crippen LogP contribution is -2.20. The summed E-state index contributed by atoms with van der Waals surface area (Å²) in [4.78, 5) is 16.0. The van der Waals surface area contributed by atoms with Gasteiger partial charge >= 0.3 is 5.97 Å². The van der Waals surface area contributed by atoms with E-state index in [1.54, 1.807) is 4.68 Å². The van der Waals surface area contributed by atoms with Crippen LogP contribution in [-0.2, 0) is 16.1 Å². The Balaban J connectivity index is 2.88. The van der Waals surface area contributed by atoms with Crippen molar-refractivity contribution in [2.24, 2.45) is 0 Å². The normalized spacial score (nSPS) is 12.4. The largest absolute Gasteiger partial charge is 0.465 e. The predicted molar refractivity (Wildman–Crippen MR) is 60.0 cm³/mol. The molecule has 0 saturated heterocycles. The molecule has 0 aliphatic heterocycles. The second-order valence-corrected chi connectivity index (χ2v) is 3.53. The van der Waals surface area contributed by atoms with Gasteiger partial charge in [0.15, 0.2) is 0 Å². The van der Waals surface area contributed by atoms with E-state index in [1.807, 2.05) is 20.8 Å². The number of ether oxygens (including phenoxy) is 1. The van der Waals surface area contributed by atoms with Gasteiger partial charge in [-0.2, -0.15) is 5.10 Å². The number of esters is 1. The predicted octanol–water partition coefficient (Wildman–Crippen LogP) is 1.74. The Morgan fingerprint density at radius 3 is 2.81 bits per heavy atom. The zero-order valence-corrected chi connectivity index (χ0v) is 10.1. The molecular weight excluding hydrogens is 206 g/mol. The van der Waals surface area contributed by atoms with Crippen molar-refractivity contribution in [2.45, 2.75) is 46.1 Å². The average Bonchev–Trinajstić information content (AvgIpc) is 2.73. The standard InChI is InChI=1S/C11H19N3O2/c1-4-7-9(11(15)16-6-3)10-12-8-13-14(10)5-2/h8-9H,4-7H2,1-3H3. The van der Waals surface area contributed by atoms with Gasteiger partial charge in [-0.15, -0.1) is 0 Å². The van der Waals surface area contributed by atoms with Crippen molar-refractivity contribution < 1.29 is 9.53 Å². The van der Waals surface area contributed by atoms with Gasteiger partial charge in [0.25, 0.3) is 0 Å². The topological polar surface area (TPSA) is 57.0 Å². The van der Waals surface area contributed by atoms with E-state index in [-0.39, 0.29) is 11.9 Å². The summed E-state index contributed by atoms with van der Waals surface area (Å²) in [7, 11) is 0. The fourth-order valence-corrected chi connectivity index (χ4v) is 1.67. The summed E-state index contributed by atoms with van der Waals surface area (Å²) in [6.45, 7) is 6.95. The number of hydrogen-bond donors (Lipinski definition) is 0. The Morgan fingerprint density at radius 2 is 2.25 bits per heavy atom. The number of rotatable bonds is 6. The van der Waals surface area contributed by atoms with Crippen LogP contribution in [0.2, 0.25) is 0 Å². The van der Waals surface area contributed by atoms with Gasteiger partial charge in [0.2, 0.25) is 0 Å². The van der Waals surface area contributed by atoms with Crippen LogP contribution in [0.3, 0.4) is 0 Å². The van der Waals surface area contributed by atoms with Crippen LogP contribution in [0.1, 0.15) is 45.4 Å². The maximum absolute atomic E-state index is 11.8. The minimum absolute atomic E-state index is 0.202. The monoisotopic (exact) mass is 225 g/mol. The van der Waals surface area contributed by atoms with Crippen LogP contribution in [-0.4, -0.2) is 27.3 Å². The van der Waals surface area contributed by atoms with Crippen LogP contribution >= 0.6 is 0 Å². The van der Waals surface area contributed by atoms with Gasteiger partial charge < -0.3 is 4.74 Å². The zero-order chi connectivity index (χ0) is 12.0. The molecule has 0 amide bonds. The average molecular weight is 225 g/mol. The van der Waals surface area contributed by atoms with E-state index in [0.29, 0.717) is 12.4 Å². The van der Waals surface area contributed by atoms with Gasteiger partial charge in [-0.25, -0.2) is 9.67 Å². The highest BCUT2D eigenvalue weighted by molar-refractivity contribution is 5.77. The number of carbonyl (C=O) groups is 1. The lowest BCUT2D eigenvalue weighted by molar-refractivity contribution is -0.145. The first-order valence-corrected chi connectivity index (χ1v) is 5.78. The Hall–Kier alpha value is -1.39. The van der Waals surface area contributed by atoms with Crippen LogP contribution in [0, 0.1) is 0 Å². The van der Waals surface area contributed by atoms with E-state index in [4.69, 9.17) is 4.74 Å². The van der Waals surface area contributed by atoms with Gasteiger partial charge in [-0.3, -0.25) is 4.79 Å². The fraction of sp³-hybridized carbons (Fsp3) is 0.727. The van der Waals surface area contributed by atoms with E-state index >= 15 is 0 Å². The number of aryl methyl sites for hydroxylation is 1. The second-order valence-electron chi connectivity index (χ2n) is 3.53. The van der Waals surface area contributed by atoms with Gasteiger partial charge in [-0.1, -0.05) is 13.3 Å². The third-order valence-corrected chi connectivity index (χ3v) is 2.41. The molecule has 0 aliphatic carbocycles. The lowest BCUT2D eigenvalue weighted by Gasteiger charge is -2.14. The smallest absolute Gasteiger partial charge is 0.316 e. The maximum atomic E-state index is 11.8. The minimum Gasteiger partial charge on any atom is -0.465 e. The molecule has 1 aromatic heterocycles. The summed E-state index contributed by atoms with van der Waals surface area (Å²) in [6.07, 6.45) is 3.15. The lowest BCUT2D eigenvalue weighted by atomic mass is 10.0. The molecule has 1 heterocycles. The highest BCUT2D eigenvalue weighted by Gasteiger charge is 2.25. The SMILES string of the molecule is CCCC(C(=O)OCC)c1ncnn1CC. The Labute approximate surface area is 95.8 Å². The van der Waals surface area contributed by atoms with Crippen molar-refractivity contribution in [3.63, 3.8) is 0 Å². The van der Waals surface area contributed by atoms with Crippen LogP contribution in [0.4, 0.5) is 0 Å². The van der Waals surface area contributed by atoms with Crippen LogP contribution in [0.25, 0.3) is 0 Å². The molecule has 0 aliphatic rings. The molecule has 5 nitrogen and oxygen atoms in total. The summed E-state index contributed by atoms with van der Waals surface area (Å²) in [5.41, 5.74) is 0. The molecule has 5 heteroatoms. The summed E-state index contributed by atoms with van der Waals surface area (Å²) >= 11 is 0. The van der Waals surface area contributed by atoms with Crippen molar-refractivity contribution in [1.82, 2.24) is 14.8 Å². The molecular formula is C11H19N3O2. The first-order chi connectivity index (χ1) is 7.74. The Kier molecular flexibility index (Phi) is 4.95. The molecule has 0 fully saturated rings. The molecule has 0 N–H and O–H groups in total. The summed E-state index contributed by atoms with van der Waals surface area (Å²) in [5, 5.41) is 4.08. The Morgan fingerprint density at radius 1 is 1.50 bits per heavy atom. The van der Waals surface area contributed by atoms with E-state index in [1.165, 1.54) is 6.33 Å². The zero-order valence-electron chi connectivity index (χ0n) is 10.1. The van der Waals surface area contributed by atoms with Crippen molar-refractivity contribution in [3.05, 3.63) is 12.2 Å². The summed E-state index contributed by atoms with van der Waals surface area (Å²) in [6, 6.07) is 0. The molecule has 0 aromatic carbocycles. The first-order valence-electron chi connectivity index (χ1n) is 5.78. The van der Waals surface area contributed by atoms with Gasteiger partial charge in [0.05, 0.1) is 6.61 Å². The fourth-order valence-electron chi connectivity index (χ4n) is 1.67. The molecule has 16 heavy (non-hydrogen) atoms. The number of nitrogens with zero attached hydrogens (tertiary/aromatic N) is 3. The van der Waals surface area contributed by atoms with Crippen molar-refractivity contribution in [3.8, 4) is 0 Å². The van der Waals surface area contributed by atoms with E-state index in [9.17, 15) is 4.79 Å². The molecule has 0 radical (unpaired) electrons. The van der Waals surface area contributed by atoms with Crippen molar-refractivity contribution in [1.29, 1.82) is 0 Å². The molecule has 1 unspecified atom stereocenters. The number of hydrogen-bond acceptors (Lipinski definition) is 4. The molecule has 1 atom stereocenters. The number of aromatic nitrogens is 3. The van der Waals surface area contributed by atoms with Crippen LogP contribution < -0.4 is 0 Å². The van der Waals surface area contributed by atoms with E-state index in [0.717, 1.165) is 19.4 Å². The molecule has 1 aromatic rings. The highest BCUT2D eigenvalue weighted by atomic mass is 16.5.